The van der Waals surface area contributed by atoms with Crippen LogP contribution in [0.5, 0.6) is 0 Å². The number of aromatic nitrogens is 2. The first-order chi connectivity index (χ1) is 9.56. The fourth-order valence-corrected chi connectivity index (χ4v) is 2.01. The molecule has 106 valence electrons. The molecule has 0 aliphatic heterocycles. The molecule has 0 saturated heterocycles. The Morgan fingerprint density at radius 1 is 0.714 bits per heavy atom. The van der Waals surface area contributed by atoms with Crippen molar-refractivity contribution in [3.8, 4) is 0 Å². The summed E-state index contributed by atoms with van der Waals surface area (Å²) in [6.07, 6.45) is 0. The van der Waals surface area contributed by atoms with Gasteiger partial charge >= 0.3 is 11.9 Å². The Labute approximate surface area is 117 Å². The van der Waals surface area contributed by atoms with Crippen molar-refractivity contribution in [2.24, 2.45) is 0 Å². The maximum Gasteiger partial charge on any atom is 0.354 e. The molecule has 3 aromatic rings. The predicted molar refractivity (Wildman–Crippen MR) is 74.6 cm³/mol. The van der Waals surface area contributed by atoms with Gasteiger partial charge in [0, 0.05) is 10.8 Å². The zero-order chi connectivity index (χ0) is 14.3. The van der Waals surface area contributed by atoms with Crippen LogP contribution in [-0.4, -0.2) is 37.6 Å². The van der Waals surface area contributed by atoms with Crippen molar-refractivity contribution >= 4 is 33.7 Å². The topological polar surface area (TPSA) is 132 Å². The first-order valence-corrected chi connectivity index (χ1v) is 5.73. The van der Waals surface area contributed by atoms with Crippen LogP contribution in [0.2, 0.25) is 0 Å². The molecular formula is C14H10N2O5. The van der Waals surface area contributed by atoms with E-state index in [0.717, 1.165) is 0 Å². The first-order valence-electron chi connectivity index (χ1n) is 5.73. The Morgan fingerprint density at radius 2 is 1.05 bits per heavy atom. The van der Waals surface area contributed by atoms with Crippen molar-refractivity contribution < 1.29 is 25.3 Å². The minimum atomic E-state index is -1.14. The van der Waals surface area contributed by atoms with Gasteiger partial charge in [-0.15, -0.1) is 0 Å². The molecule has 0 aliphatic rings. The third-order valence-electron chi connectivity index (χ3n) is 2.96. The van der Waals surface area contributed by atoms with Crippen molar-refractivity contribution in [3.63, 3.8) is 0 Å². The van der Waals surface area contributed by atoms with Gasteiger partial charge in [-0.25, -0.2) is 19.6 Å². The van der Waals surface area contributed by atoms with E-state index in [9.17, 15) is 9.59 Å². The van der Waals surface area contributed by atoms with Crippen molar-refractivity contribution in [1.82, 2.24) is 9.97 Å². The minimum absolute atomic E-state index is 0. The Balaban J connectivity index is 0.00000161. The number of aromatic carboxylic acids is 2. The van der Waals surface area contributed by atoms with E-state index in [4.69, 9.17) is 10.2 Å². The number of fused-ring (bicyclic) bond motifs is 3. The van der Waals surface area contributed by atoms with Gasteiger partial charge in [0.25, 0.3) is 0 Å². The maximum absolute atomic E-state index is 11.0. The van der Waals surface area contributed by atoms with Crippen LogP contribution in [0.15, 0.2) is 36.4 Å². The van der Waals surface area contributed by atoms with E-state index in [-0.39, 0.29) is 16.9 Å². The van der Waals surface area contributed by atoms with E-state index < -0.39 is 11.9 Å². The Bertz CT molecular complexity index is 803. The summed E-state index contributed by atoms with van der Waals surface area (Å²) in [5, 5.41) is 19.4. The third-order valence-corrected chi connectivity index (χ3v) is 2.96. The smallest absolute Gasteiger partial charge is 0.354 e. The van der Waals surface area contributed by atoms with Crippen LogP contribution >= 0.6 is 0 Å². The number of benzene rings is 1. The summed E-state index contributed by atoms with van der Waals surface area (Å²) in [5.41, 5.74) is 0.552. The van der Waals surface area contributed by atoms with Crippen LogP contribution in [0.1, 0.15) is 21.0 Å². The van der Waals surface area contributed by atoms with Crippen LogP contribution in [0.4, 0.5) is 0 Å². The van der Waals surface area contributed by atoms with Gasteiger partial charge in [-0.1, -0.05) is 24.3 Å². The second-order valence-electron chi connectivity index (χ2n) is 4.21. The number of nitrogens with zero attached hydrogens (tertiary/aromatic N) is 2. The molecule has 0 spiro atoms. The fourth-order valence-electron chi connectivity index (χ4n) is 2.01. The molecule has 7 heteroatoms. The molecule has 2 heterocycles. The van der Waals surface area contributed by atoms with Crippen molar-refractivity contribution in [1.29, 1.82) is 0 Å². The van der Waals surface area contributed by atoms with E-state index >= 15 is 0 Å². The highest BCUT2D eigenvalue weighted by Crippen LogP contribution is 2.23. The van der Waals surface area contributed by atoms with Gasteiger partial charge in [0.2, 0.25) is 0 Å². The van der Waals surface area contributed by atoms with E-state index in [2.05, 4.69) is 9.97 Å². The molecule has 21 heavy (non-hydrogen) atoms. The summed E-state index contributed by atoms with van der Waals surface area (Å²) in [6.45, 7) is 0. The molecule has 0 radical (unpaired) electrons. The van der Waals surface area contributed by atoms with Gasteiger partial charge in [0.1, 0.15) is 11.4 Å². The highest BCUT2D eigenvalue weighted by molar-refractivity contribution is 6.05. The molecule has 0 atom stereocenters. The zero-order valence-corrected chi connectivity index (χ0v) is 10.6. The number of carboxylic acid groups (broad SMARTS) is 2. The number of carboxylic acids is 2. The van der Waals surface area contributed by atoms with E-state index in [0.29, 0.717) is 21.8 Å². The maximum atomic E-state index is 11.0. The lowest BCUT2D eigenvalue weighted by Gasteiger charge is -2.04. The monoisotopic (exact) mass is 286 g/mol. The standard InChI is InChI=1S/C14H8N2O4.H2O/c17-13(18)9-5-3-7-1-2-8-4-6-10(14(19)20)16-12(8)11(7)15-9;/h1-6H,(H,17,18)(H,19,20);1H2. The molecule has 0 fully saturated rings. The van der Waals surface area contributed by atoms with Crippen molar-refractivity contribution in [2.75, 3.05) is 0 Å². The zero-order valence-electron chi connectivity index (χ0n) is 10.6. The van der Waals surface area contributed by atoms with Crippen LogP contribution in [0, 0.1) is 0 Å². The highest BCUT2D eigenvalue weighted by atomic mass is 16.4. The highest BCUT2D eigenvalue weighted by Gasteiger charge is 2.11. The SMILES string of the molecule is O.O=C(O)c1ccc2ccc3ccc(C(=O)O)nc3c2n1. The number of carbonyl (C=O) groups is 2. The normalized spacial score (nSPS) is 10.3. The van der Waals surface area contributed by atoms with Gasteiger partial charge in [-0.05, 0) is 12.1 Å². The van der Waals surface area contributed by atoms with Gasteiger partial charge in [0.15, 0.2) is 0 Å². The predicted octanol–water partition coefficient (Wildman–Crippen LogP) is 1.35. The molecule has 2 aromatic heterocycles. The van der Waals surface area contributed by atoms with E-state index in [1.165, 1.54) is 12.1 Å². The second kappa shape index (κ2) is 5.14. The molecule has 1 aromatic carbocycles. The molecular weight excluding hydrogens is 276 g/mol. The Hall–Kier alpha value is -3.06. The quantitative estimate of drug-likeness (QED) is 0.683. The van der Waals surface area contributed by atoms with Crippen LogP contribution in [-0.2, 0) is 0 Å². The number of pyridine rings is 2. The lowest BCUT2D eigenvalue weighted by Crippen LogP contribution is -2.02. The Kier molecular flexibility index (Phi) is 3.51. The summed E-state index contributed by atoms with van der Waals surface area (Å²) in [4.78, 5) is 30.1. The van der Waals surface area contributed by atoms with E-state index in [1.54, 1.807) is 24.3 Å². The number of rotatable bonds is 2. The summed E-state index contributed by atoms with van der Waals surface area (Å²) in [7, 11) is 0. The average Bonchev–Trinajstić information content (AvgIpc) is 2.45. The second-order valence-corrected chi connectivity index (χ2v) is 4.21. The van der Waals surface area contributed by atoms with Crippen LogP contribution in [0.25, 0.3) is 21.8 Å². The average molecular weight is 286 g/mol. The lowest BCUT2D eigenvalue weighted by atomic mass is 10.1. The molecule has 0 saturated carbocycles. The van der Waals surface area contributed by atoms with Crippen LogP contribution in [0.3, 0.4) is 0 Å². The summed E-state index contributed by atoms with van der Waals surface area (Å²) >= 11 is 0. The molecule has 7 nitrogen and oxygen atoms in total. The number of hydrogen-bond acceptors (Lipinski definition) is 4. The summed E-state index contributed by atoms with van der Waals surface area (Å²) < 4.78 is 0. The molecule has 0 amide bonds. The Morgan fingerprint density at radius 3 is 1.38 bits per heavy atom. The van der Waals surface area contributed by atoms with Crippen molar-refractivity contribution in [2.45, 2.75) is 0 Å². The van der Waals surface area contributed by atoms with Gasteiger partial charge < -0.3 is 15.7 Å². The fraction of sp³-hybridized carbons (Fsp3) is 0. The van der Waals surface area contributed by atoms with E-state index in [1.807, 2.05) is 0 Å². The minimum Gasteiger partial charge on any atom is -0.477 e. The largest absolute Gasteiger partial charge is 0.477 e. The molecule has 0 unspecified atom stereocenters. The first kappa shape index (κ1) is 14.4. The molecule has 4 N–H and O–H groups in total. The summed E-state index contributed by atoms with van der Waals surface area (Å²) in [6, 6.07) is 9.63. The van der Waals surface area contributed by atoms with Gasteiger partial charge in [-0.3, -0.25) is 0 Å². The molecule has 0 aliphatic carbocycles. The molecule has 3 rings (SSSR count). The van der Waals surface area contributed by atoms with Gasteiger partial charge in [0.05, 0.1) is 11.0 Å². The third kappa shape index (κ3) is 2.37. The number of hydrogen-bond donors (Lipinski definition) is 2. The molecule has 0 bridgehead atoms. The lowest BCUT2D eigenvalue weighted by molar-refractivity contribution is 0.0680. The van der Waals surface area contributed by atoms with Crippen molar-refractivity contribution in [3.05, 3.63) is 47.8 Å². The summed E-state index contributed by atoms with van der Waals surface area (Å²) in [5.74, 6) is -2.28. The van der Waals surface area contributed by atoms with Crippen LogP contribution < -0.4 is 0 Å². The van der Waals surface area contributed by atoms with Gasteiger partial charge in [-0.2, -0.15) is 0 Å².